The molecule has 214 valence electrons. The Hall–Kier alpha value is -1.36. The van der Waals surface area contributed by atoms with E-state index in [0.717, 1.165) is 6.92 Å². The van der Waals surface area contributed by atoms with Gasteiger partial charge in [-0.2, -0.15) is 0 Å². The summed E-state index contributed by atoms with van der Waals surface area (Å²) in [6.07, 6.45) is -13.4. The van der Waals surface area contributed by atoms with Crippen molar-refractivity contribution in [3.63, 3.8) is 0 Å². The molecule has 2 saturated heterocycles. The van der Waals surface area contributed by atoms with Crippen LogP contribution in [-0.4, -0.2) is 114 Å². The topological polar surface area (TPSA) is 213 Å². The minimum absolute atomic E-state index is 0.231. The molecule has 0 aromatic heterocycles. The minimum atomic E-state index is -2.59. The molecule has 2 aliphatic heterocycles. The number of aliphatic hydroxyl groups excluding tert-OH is 5. The third-order valence-corrected chi connectivity index (χ3v) is 12.3. The Balaban J connectivity index is 2.37. The first-order chi connectivity index (χ1) is 17.1. The Morgan fingerprint density at radius 2 is 1.65 bits per heavy atom. The Morgan fingerprint density at radius 1 is 1.05 bits per heavy atom. The van der Waals surface area contributed by atoms with Gasteiger partial charge in [-0.1, -0.05) is 32.8 Å². The fraction of sp³-hybridized carbons (Fsp3) is 0.955. The van der Waals surface area contributed by atoms with Crippen molar-refractivity contribution in [1.82, 2.24) is 0 Å². The van der Waals surface area contributed by atoms with Crippen LogP contribution in [0.2, 0.25) is 18.1 Å². The molecule has 0 bridgehead atoms. The Bertz CT molecular complexity index is 826. The van der Waals surface area contributed by atoms with E-state index < -0.39 is 88.9 Å². The van der Waals surface area contributed by atoms with Gasteiger partial charge in [0.1, 0.15) is 55.4 Å². The largest absolute Gasteiger partial charge is 0.463 e. The highest BCUT2D eigenvalue weighted by Gasteiger charge is 2.54. The van der Waals surface area contributed by atoms with Crippen LogP contribution in [0, 0.1) is 5.92 Å². The summed E-state index contributed by atoms with van der Waals surface area (Å²) >= 11 is 0. The molecule has 0 aromatic rings. The molecule has 2 rings (SSSR count). The Morgan fingerprint density at radius 3 is 2.16 bits per heavy atom. The molecule has 10 atom stereocenters. The third-order valence-electron chi connectivity index (χ3n) is 7.82. The van der Waals surface area contributed by atoms with Gasteiger partial charge in [0.2, 0.25) is 0 Å². The summed E-state index contributed by atoms with van der Waals surface area (Å²) in [7, 11) is -2.59. The number of carbonyl (C=O) groups is 1. The van der Waals surface area contributed by atoms with E-state index >= 15 is 0 Å². The summed E-state index contributed by atoms with van der Waals surface area (Å²) in [5.74, 6) is -0.422. The van der Waals surface area contributed by atoms with E-state index in [4.69, 9.17) is 23.4 Å². The van der Waals surface area contributed by atoms with Crippen molar-refractivity contribution in [1.29, 1.82) is 0 Å². The fourth-order valence-electron chi connectivity index (χ4n) is 4.15. The zero-order chi connectivity index (χ0) is 28.3. The summed E-state index contributed by atoms with van der Waals surface area (Å²) in [6.45, 7) is 12.3. The fourth-order valence-corrected chi connectivity index (χ4v) is 6.62. The van der Waals surface area contributed by atoms with Crippen LogP contribution in [0.1, 0.15) is 34.6 Å². The van der Waals surface area contributed by atoms with Gasteiger partial charge in [-0.3, -0.25) is 4.79 Å². The molecular weight excluding hydrogens is 510 g/mol. The maximum absolute atomic E-state index is 11.2. The summed E-state index contributed by atoms with van der Waals surface area (Å²) in [5.41, 5.74) is 9.28. The first-order valence-electron chi connectivity index (χ1n) is 12.2. The molecule has 14 nitrogen and oxygen atoms in total. The van der Waals surface area contributed by atoms with Crippen LogP contribution >= 0.6 is 0 Å². The van der Waals surface area contributed by atoms with Crippen molar-refractivity contribution in [3.05, 3.63) is 10.4 Å². The first kappa shape index (κ1) is 31.9. The van der Waals surface area contributed by atoms with Crippen molar-refractivity contribution in [2.45, 2.75) is 114 Å². The quantitative estimate of drug-likeness (QED) is 0.0810. The Kier molecular flexibility index (Phi) is 10.9. The van der Waals surface area contributed by atoms with Crippen LogP contribution in [-0.2, 0) is 28.2 Å². The second-order valence-electron chi connectivity index (χ2n) is 10.8. The normalized spacial score (nSPS) is 37.2. The van der Waals surface area contributed by atoms with E-state index in [1.807, 2.05) is 13.1 Å². The smallest absolute Gasteiger partial charge is 0.302 e. The number of ether oxygens (including phenoxy) is 4. The highest BCUT2D eigenvalue weighted by Crippen LogP contribution is 2.46. The molecule has 2 fully saturated rings. The molecule has 0 spiro atoms. The van der Waals surface area contributed by atoms with Crippen molar-refractivity contribution < 1.29 is 53.7 Å². The summed E-state index contributed by atoms with van der Waals surface area (Å²) in [4.78, 5) is 14.0. The lowest BCUT2D eigenvalue weighted by molar-refractivity contribution is -0.338. The van der Waals surface area contributed by atoms with Gasteiger partial charge in [-0.25, -0.2) is 0 Å². The van der Waals surface area contributed by atoms with Crippen molar-refractivity contribution in [3.8, 4) is 0 Å². The highest BCUT2D eigenvalue weighted by atomic mass is 28.4. The summed E-state index contributed by atoms with van der Waals surface area (Å²) < 4.78 is 28.5. The number of carbonyl (C=O) groups excluding carboxylic acids is 1. The minimum Gasteiger partial charge on any atom is -0.463 e. The molecule has 0 unspecified atom stereocenters. The number of azide groups is 1. The average Bonchev–Trinajstić information content (AvgIpc) is 2.81. The van der Waals surface area contributed by atoms with E-state index in [1.165, 1.54) is 0 Å². The first-order valence-corrected chi connectivity index (χ1v) is 15.1. The molecule has 2 aliphatic rings. The Labute approximate surface area is 217 Å². The van der Waals surface area contributed by atoms with Gasteiger partial charge in [0.05, 0.1) is 6.61 Å². The van der Waals surface area contributed by atoms with E-state index in [0.29, 0.717) is 0 Å². The number of aliphatic hydroxyl groups is 5. The van der Waals surface area contributed by atoms with Gasteiger partial charge in [0, 0.05) is 11.8 Å². The molecular formula is C22H41N3O11Si. The van der Waals surface area contributed by atoms with Gasteiger partial charge in [0.15, 0.2) is 20.9 Å². The molecule has 15 heteroatoms. The lowest BCUT2D eigenvalue weighted by Gasteiger charge is -2.50. The van der Waals surface area contributed by atoms with Crippen LogP contribution in [0.15, 0.2) is 5.11 Å². The predicted molar refractivity (Wildman–Crippen MR) is 130 cm³/mol. The molecule has 37 heavy (non-hydrogen) atoms. The molecule has 2 heterocycles. The van der Waals surface area contributed by atoms with Crippen molar-refractivity contribution in [2.75, 3.05) is 13.2 Å². The molecule has 0 aliphatic carbocycles. The van der Waals surface area contributed by atoms with Crippen LogP contribution in [0.3, 0.4) is 0 Å². The maximum Gasteiger partial charge on any atom is 0.302 e. The number of rotatable bonds is 10. The van der Waals surface area contributed by atoms with Gasteiger partial charge < -0.3 is 48.9 Å². The van der Waals surface area contributed by atoms with E-state index in [2.05, 4.69) is 37.7 Å². The SMILES string of the molecule is CC(=O)OC[C@H]1O[C@@H](O[C@H]2[C@H](O)[C@@H](CO)O[C@@H](O[Si](C)(C)C(C)(C)C(C)C)[C@@H]2N=[N+]=[N-])[C@H](O)[C@@H](O)[C@H]1O. The molecule has 0 aromatic carbocycles. The lowest BCUT2D eigenvalue weighted by atomic mass is 9.96. The van der Waals surface area contributed by atoms with Gasteiger partial charge in [0.25, 0.3) is 0 Å². The number of nitrogens with zero attached hydrogens (tertiary/aromatic N) is 3. The van der Waals surface area contributed by atoms with Crippen LogP contribution in [0.4, 0.5) is 0 Å². The monoisotopic (exact) mass is 551 g/mol. The molecule has 0 amide bonds. The molecule has 0 saturated carbocycles. The predicted octanol–water partition coefficient (Wildman–Crippen LogP) is 0.157. The number of hydrogen-bond donors (Lipinski definition) is 5. The summed E-state index contributed by atoms with van der Waals surface area (Å²) in [6, 6.07) is -1.27. The highest BCUT2D eigenvalue weighted by molar-refractivity contribution is 6.74. The van der Waals surface area contributed by atoms with Gasteiger partial charge >= 0.3 is 5.97 Å². The van der Waals surface area contributed by atoms with Crippen LogP contribution in [0.5, 0.6) is 0 Å². The maximum atomic E-state index is 11.2. The second-order valence-corrected chi connectivity index (χ2v) is 15.4. The van der Waals surface area contributed by atoms with E-state index in [-0.39, 0.29) is 11.0 Å². The van der Waals surface area contributed by atoms with Gasteiger partial charge in [-0.15, -0.1) is 0 Å². The second kappa shape index (κ2) is 12.7. The van der Waals surface area contributed by atoms with Crippen LogP contribution < -0.4 is 0 Å². The molecule has 5 N–H and O–H groups in total. The summed E-state index contributed by atoms with van der Waals surface area (Å²) in [5, 5.41) is 55.4. The zero-order valence-corrected chi connectivity index (χ0v) is 23.3. The average molecular weight is 552 g/mol. The number of hydrogen-bond acceptors (Lipinski definition) is 12. The number of esters is 1. The van der Waals surface area contributed by atoms with E-state index in [9.17, 15) is 35.9 Å². The molecule has 0 radical (unpaired) electrons. The zero-order valence-electron chi connectivity index (χ0n) is 22.3. The van der Waals surface area contributed by atoms with E-state index in [1.54, 1.807) is 0 Å². The lowest BCUT2D eigenvalue weighted by Crippen LogP contribution is -2.65. The third kappa shape index (κ3) is 6.99. The van der Waals surface area contributed by atoms with Crippen molar-refractivity contribution >= 4 is 14.3 Å². The van der Waals surface area contributed by atoms with Gasteiger partial charge in [-0.05, 0) is 29.6 Å². The standard InChI is InChI=1S/C22H41N3O11Si/c1-10(2)22(4,5)37(6,7)36-20-14(24-25-23)19(16(29)12(8-26)33-20)35-21-18(31)17(30)15(28)13(34-21)9-32-11(3)27/h10,12-21,26,28-31H,8-9H2,1-7H3/t12-,13-,14-,15+,16-,17+,18-,19-,20+,21+/m1/s1. The van der Waals surface area contributed by atoms with Crippen LogP contribution in [0.25, 0.3) is 10.4 Å². The van der Waals surface area contributed by atoms with Crippen molar-refractivity contribution in [2.24, 2.45) is 11.0 Å².